The van der Waals surface area contributed by atoms with E-state index in [2.05, 4.69) is 0 Å². The van der Waals surface area contributed by atoms with Crippen molar-refractivity contribution in [2.45, 2.75) is 19.8 Å². The van der Waals surface area contributed by atoms with Crippen molar-refractivity contribution in [2.75, 3.05) is 25.4 Å². The van der Waals surface area contributed by atoms with Crippen LogP contribution in [0.4, 0.5) is 0 Å². The van der Waals surface area contributed by atoms with E-state index < -0.39 is 10.0 Å². The van der Waals surface area contributed by atoms with Crippen molar-refractivity contribution in [1.82, 2.24) is 4.31 Å². The number of sulfonamides is 1. The highest BCUT2D eigenvalue weighted by atomic mass is 32.2. The normalized spacial score (nSPS) is 18.1. The fraction of sp³-hybridized carbons (Fsp3) is 1.00. The van der Waals surface area contributed by atoms with Gasteiger partial charge in [-0.2, -0.15) is 0 Å². The Kier molecular flexibility index (Phi) is 3.70. The second kappa shape index (κ2) is 4.39. The van der Waals surface area contributed by atoms with Crippen molar-refractivity contribution >= 4 is 10.0 Å². The molecule has 0 aromatic heterocycles. The van der Waals surface area contributed by atoms with E-state index in [1.54, 1.807) is 0 Å². The molecule has 1 saturated carbocycles. The number of nitrogens with zero attached hydrogens (tertiary/aromatic N) is 1. The molecule has 0 aromatic rings. The fourth-order valence-corrected chi connectivity index (χ4v) is 2.59. The largest absolute Gasteiger partial charge is 0.395 e. The Hall–Kier alpha value is -0.130. The second-order valence-electron chi connectivity index (χ2n) is 3.43. The Bertz CT molecular complexity index is 246. The Labute approximate surface area is 79.6 Å². The Balaban J connectivity index is 2.52. The smallest absolute Gasteiger partial charge is 0.216 e. The molecule has 0 atom stereocenters. The maximum atomic E-state index is 11.5. The van der Waals surface area contributed by atoms with Gasteiger partial charge in [0.2, 0.25) is 10.0 Å². The highest BCUT2D eigenvalue weighted by Crippen LogP contribution is 2.30. The van der Waals surface area contributed by atoms with Crippen molar-refractivity contribution in [1.29, 1.82) is 0 Å². The number of hydrogen-bond donors (Lipinski definition) is 1. The van der Waals surface area contributed by atoms with Gasteiger partial charge >= 0.3 is 0 Å². The van der Waals surface area contributed by atoms with Gasteiger partial charge in [0.25, 0.3) is 0 Å². The van der Waals surface area contributed by atoms with Gasteiger partial charge in [0.15, 0.2) is 0 Å². The number of aliphatic hydroxyl groups is 1. The lowest BCUT2D eigenvalue weighted by Crippen LogP contribution is -2.35. The summed E-state index contributed by atoms with van der Waals surface area (Å²) in [4.78, 5) is 0. The predicted octanol–water partition coefficient (Wildman–Crippen LogP) is 0.0404. The van der Waals surface area contributed by atoms with Gasteiger partial charge in [-0.15, -0.1) is 0 Å². The summed E-state index contributed by atoms with van der Waals surface area (Å²) in [6, 6.07) is 0. The maximum Gasteiger partial charge on any atom is 0.216 e. The van der Waals surface area contributed by atoms with Gasteiger partial charge in [0.1, 0.15) is 0 Å². The van der Waals surface area contributed by atoms with E-state index in [1.807, 2.05) is 6.92 Å². The summed E-state index contributed by atoms with van der Waals surface area (Å²) in [7, 11) is -3.19. The number of hydrogen-bond acceptors (Lipinski definition) is 3. The maximum absolute atomic E-state index is 11.5. The van der Waals surface area contributed by atoms with Crippen LogP contribution in [-0.4, -0.2) is 43.3 Å². The molecule has 0 saturated heterocycles. The molecule has 0 spiro atoms. The first-order valence-electron chi connectivity index (χ1n) is 4.69. The molecule has 0 unspecified atom stereocenters. The van der Waals surface area contributed by atoms with Crippen molar-refractivity contribution in [2.24, 2.45) is 5.92 Å². The molecule has 5 heteroatoms. The Morgan fingerprint density at radius 3 is 2.46 bits per heavy atom. The molecule has 1 rings (SSSR count). The third kappa shape index (κ3) is 3.25. The van der Waals surface area contributed by atoms with E-state index in [9.17, 15) is 8.42 Å². The van der Waals surface area contributed by atoms with Gasteiger partial charge in [-0.05, 0) is 18.8 Å². The molecule has 13 heavy (non-hydrogen) atoms. The fourth-order valence-electron chi connectivity index (χ4n) is 1.27. The van der Waals surface area contributed by atoms with Crippen molar-refractivity contribution < 1.29 is 13.5 Å². The molecule has 78 valence electrons. The van der Waals surface area contributed by atoms with Gasteiger partial charge in [0.05, 0.1) is 12.4 Å². The summed E-state index contributed by atoms with van der Waals surface area (Å²) in [6.07, 6.45) is 2.29. The highest BCUT2D eigenvalue weighted by Gasteiger charge is 2.29. The first kappa shape index (κ1) is 10.9. The zero-order chi connectivity index (χ0) is 9.90. The van der Waals surface area contributed by atoms with Crippen LogP contribution in [0.2, 0.25) is 0 Å². The van der Waals surface area contributed by atoms with Gasteiger partial charge in [-0.1, -0.05) is 6.92 Å². The quantitative estimate of drug-likeness (QED) is 0.669. The van der Waals surface area contributed by atoms with E-state index in [4.69, 9.17) is 5.11 Å². The summed E-state index contributed by atoms with van der Waals surface area (Å²) in [6.45, 7) is 2.69. The second-order valence-corrected chi connectivity index (χ2v) is 5.52. The average molecular weight is 207 g/mol. The summed E-state index contributed by atoms with van der Waals surface area (Å²) in [5.41, 5.74) is 0. The molecule has 0 radical (unpaired) electrons. The van der Waals surface area contributed by atoms with Gasteiger partial charge in [-0.3, -0.25) is 0 Å². The van der Waals surface area contributed by atoms with E-state index in [0.29, 0.717) is 19.0 Å². The molecule has 1 fully saturated rings. The van der Waals surface area contributed by atoms with Gasteiger partial charge in [-0.25, -0.2) is 12.7 Å². The first-order valence-corrected chi connectivity index (χ1v) is 6.29. The number of rotatable bonds is 6. The summed E-state index contributed by atoms with van der Waals surface area (Å²) in [5, 5.41) is 8.59. The minimum absolute atomic E-state index is 0.145. The van der Waals surface area contributed by atoms with Crippen LogP contribution in [0.3, 0.4) is 0 Å². The van der Waals surface area contributed by atoms with Crippen LogP contribution in [0, 0.1) is 5.92 Å². The lowest BCUT2D eigenvalue weighted by molar-refractivity contribution is 0.314. The van der Waals surface area contributed by atoms with E-state index in [0.717, 1.165) is 12.8 Å². The molecule has 0 heterocycles. The molecule has 1 aliphatic rings. The van der Waals surface area contributed by atoms with Crippen LogP contribution in [0.25, 0.3) is 0 Å². The summed E-state index contributed by atoms with van der Waals surface area (Å²) in [5.74, 6) is 0.418. The van der Waals surface area contributed by atoms with Crippen LogP contribution in [-0.2, 0) is 10.0 Å². The van der Waals surface area contributed by atoms with Gasteiger partial charge < -0.3 is 5.11 Å². The average Bonchev–Trinajstić information content (AvgIpc) is 2.82. The molecule has 0 aromatic carbocycles. The predicted molar refractivity (Wildman–Crippen MR) is 50.8 cm³/mol. The van der Waals surface area contributed by atoms with Crippen molar-refractivity contribution in [3.63, 3.8) is 0 Å². The third-order valence-electron chi connectivity index (χ3n) is 2.25. The van der Waals surface area contributed by atoms with Crippen LogP contribution < -0.4 is 0 Å². The lowest BCUT2D eigenvalue weighted by Gasteiger charge is -2.19. The third-order valence-corrected chi connectivity index (χ3v) is 4.15. The molecular formula is C8H17NO3S. The standard InChI is InChI=1S/C8H17NO3S/c1-2-9(7-8-3-4-8)13(11,12)6-5-10/h8,10H,2-7H2,1H3. The van der Waals surface area contributed by atoms with Crippen LogP contribution >= 0.6 is 0 Å². The van der Waals surface area contributed by atoms with Crippen molar-refractivity contribution in [3.8, 4) is 0 Å². The molecule has 1 aliphatic carbocycles. The highest BCUT2D eigenvalue weighted by molar-refractivity contribution is 7.89. The molecular weight excluding hydrogens is 190 g/mol. The topological polar surface area (TPSA) is 57.6 Å². The monoisotopic (exact) mass is 207 g/mol. The summed E-state index contributed by atoms with van der Waals surface area (Å²) < 4.78 is 24.5. The van der Waals surface area contributed by atoms with E-state index in [-0.39, 0.29) is 12.4 Å². The van der Waals surface area contributed by atoms with Crippen LogP contribution in [0.15, 0.2) is 0 Å². The lowest BCUT2D eigenvalue weighted by atomic mass is 10.4. The minimum atomic E-state index is -3.19. The Morgan fingerprint density at radius 2 is 2.08 bits per heavy atom. The zero-order valence-electron chi connectivity index (χ0n) is 7.94. The molecule has 0 amide bonds. The minimum Gasteiger partial charge on any atom is -0.395 e. The van der Waals surface area contributed by atoms with Crippen LogP contribution in [0.5, 0.6) is 0 Å². The van der Waals surface area contributed by atoms with E-state index in [1.165, 1.54) is 4.31 Å². The number of aliphatic hydroxyl groups excluding tert-OH is 1. The van der Waals surface area contributed by atoms with E-state index >= 15 is 0 Å². The first-order chi connectivity index (χ1) is 6.10. The van der Waals surface area contributed by atoms with Crippen LogP contribution in [0.1, 0.15) is 19.8 Å². The Morgan fingerprint density at radius 1 is 1.46 bits per heavy atom. The molecule has 0 aliphatic heterocycles. The molecule has 1 N–H and O–H groups in total. The molecule has 0 bridgehead atoms. The summed E-state index contributed by atoms with van der Waals surface area (Å²) >= 11 is 0. The zero-order valence-corrected chi connectivity index (χ0v) is 8.76. The molecule has 4 nitrogen and oxygen atoms in total. The van der Waals surface area contributed by atoms with Gasteiger partial charge in [0, 0.05) is 13.1 Å². The van der Waals surface area contributed by atoms with Crippen molar-refractivity contribution in [3.05, 3.63) is 0 Å². The SMILES string of the molecule is CCN(CC1CC1)S(=O)(=O)CCO.